The highest BCUT2D eigenvalue weighted by atomic mass is 16.6. The summed E-state index contributed by atoms with van der Waals surface area (Å²) in [6.07, 6.45) is 1.13. The van der Waals surface area contributed by atoms with Gasteiger partial charge in [0.1, 0.15) is 13.2 Å². The molecule has 9 heteroatoms. The number of hydrogen-bond donors (Lipinski definition) is 1. The summed E-state index contributed by atoms with van der Waals surface area (Å²) in [4.78, 5) is 41.5. The Kier molecular flexibility index (Phi) is 5.69. The first kappa shape index (κ1) is 19.9. The number of amides is 3. The zero-order chi connectivity index (χ0) is 21.1. The van der Waals surface area contributed by atoms with E-state index in [4.69, 9.17) is 4.74 Å². The van der Waals surface area contributed by atoms with Crippen molar-refractivity contribution in [2.45, 2.75) is 18.8 Å². The van der Waals surface area contributed by atoms with Crippen LogP contribution in [0.2, 0.25) is 0 Å². The minimum Gasteiger partial charge on any atom is -0.448 e. The normalized spacial score (nSPS) is 17.2. The van der Waals surface area contributed by atoms with Crippen LogP contribution in [0.1, 0.15) is 34.9 Å². The zero-order valence-electron chi connectivity index (χ0n) is 16.9. The van der Waals surface area contributed by atoms with Crippen molar-refractivity contribution in [2.75, 3.05) is 44.7 Å². The molecule has 1 N–H and O–H groups in total. The van der Waals surface area contributed by atoms with Crippen molar-refractivity contribution in [2.24, 2.45) is 0 Å². The van der Waals surface area contributed by atoms with Crippen molar-refractivity contribution >= 4 is 23.6 Å². The molecule has 0 saturated carbocycles. The second-order valence-electron chi connectivity index (χ2n) is 7.60. The molecule has 30 heavy (non-hydrogen) atoms. The van der Waals surface area contributed by atoms with Crippen molar-refractivity contribution in [1.29, 1.82) is 0 Å². The molecule has 2 fully saturated rings. The van der Waals surface area contributed by atoms with E-state index in [9.17, 15) is 14.4 Å². The van der Waals surface area contributed by atoms with Crippen LogP contribution in [-0.4, -0.2) is 77.7 Å². The third-order valence-electron chi connectivity index (χ3n) is 5.72. The highest BCUT2D eigenvalue weighted by Gasteiger charge is 2.30. The summed E-state index contributed by atoms with van der Waals surface area (Å²) in [6.45, 7) is 2.09. The van der Waals surface area contributed by atoms with Crippen LogP contribution in [-0.2, 0) is 9.53 Å². The number of para-hydroxylation sites is 1. The van der Waals surface area contributed by atoms with Gasteiger partial charge in [-0.25, -0.2) is 4.79 Å². The molecule has 1 aromatic carbocycles. The van der Waals surface area contributed by atoms with Crippen molar-refractivity contribution in [3.63, 3.8) is 0 Å². The van der Waals surface area contributed by atoms with Gasteiger partial charge >= 0.3 is 6.09 Å². The number of nitrogens with zero attached hydrogens (tertiary/aromatic N) is 4. The van der Waals surface area contributed by atoms with Gasteiger partial charge in [-0.1, -0.05) is 18.2 Å². The average molecular weight is 411 g/mol. The maximum atomic E-state index is 12.7. The minimum absolute atomic E-state index is 0.0581. The molecule has 0 radical (unpaired) electrons. The lowest BCUT2D eigenvalue weighted by molar-refractivity contribution is -0.132. The van der Waals surface area contributed by atoms with Crippen molar-refractivity contribution < 1.29 is 19.1 Å². The summed E-state index contributed by atoms with van der Waals surface area (Å²) >= 11 is 0. The Balaban J connectivity index is 1.32. The van der Waals surface area contributed by atoms with Crippen LogP contribution in [0, 0.1) is 0 Å². The molecule has 2 saturated heterocycles. The van der Waals surface area contributed by atoms with E-state index in [-0.39, 0.29) is 24.3 Å². The fourth-order valence-corrected chi connectivity index (χ4v) is 3.87. The van der Waals surface area contributed by atoms with Crippen LogP contribution in [0.5, 0.6) is 0 Å². The van der Waals surface area contributed by atoms with Gasteiger partial charge in [0.25, 0.3) is 5.91 Å². The Hall–Kier alpha value is -3.36. The van der Waals surface area contributed by atoms with Gasteiger partial charge in [-0.15, -0.1) is 0 Å². The molecule has 0 aliphatic carbocycles. The molecule has 2 aliphatic heterocycles. The molecule has 0 atom stereocenters. The molecule has 0 spiro atoms. The monoisotopic (exact) mass is 411 g/mol. The van der Waals surface area contributed by atoms with Gasteiger partial charge in [0.2, 0.25) is 5.91 Å². The Morgan fingerprint density at radius 1 is 1.20 bits per heavy atom. The predicted molar refractivity (Wildman–Crippen MR) is 109 cm³/mol. The van der Waals surface area contributed by atoms with Gasteiger partial charge in [0.05, 0.1) is 6.54 Å². The van der Waals surface area contributed by atoms with E-state index in [0.717, 1.165) is 24.2 Å². The lowest BCUT2D eigenvalue weighted by Gasteiger charge is -2.32. The van der Waals surface area contributed by atoms with Gasteiger partial charge in [-0.3, -0.25) is 19.6 Å². The lowest BCUT2D eigenvalue weighted by atomic mass is 9.93. The van der Waals surface area contributed by atoms with E-state index in [0.29, 0.717) is 31.9 Å². The second-order valence-corrected chi connectivity index (χ2v) is 7.60. The number of cyclic esters (lactones) is 1. The molecule has 9 nitrogen and oxygen atoms in total. The Bertz CT molecular complexity index is 920. The number of rotatable bonds is 5. The van der Waals surface area contributed by atoms with E-state index in [1.165, 1.54) is 4.90 Å². The van der Waals surface area contributed by atoms with Crippen molar-refractivity contribution in [1.82, 2.24) is 20.0 Å². The smallest absolute Gasteiger partial charge is 0.410 e. The first-order chi connectivity index (χ1) is 14.5. The predicted octanol–water partition coefficient (Wildman–Crippen LogP) is 1.84. The fourth-order valence-electron chi connectivity index (χ4n) is 3.87. The molecule has 4 rings (SSSR count). The number of anilines is 1. The molecule has 2 aromatic rings. The molecule has 2 aliphatic rings. The third-order valence-corrected chi connectivity index (χ3v) is 5.72. The number of aromatic amines is 1. The number of piperidine rings is 1. The van der Waals surface area contributed by atoms with Crippen LogP contribution >= 0.6 is 0 Å². The number of nitrogens with one attached hydrogen (secondary N) is 1. The maximum Gasteiger partial charge on any atom is 0.410 e. The molecule has 1 aromatic heterocycles. The Morgan fingerprint density at radius 2 is 1.93 bits per heavy atom. The van der Waals surface area contributed by atoms with Crippen LogP contribution < -0.4 is 4.90 Å². The first-order valence-electron chi connectivity index (χ1n) is 10.1. The topological polar surface area (TPSA) is 98.8 Å². The number of hydrogen-bond acceptors (Lipinski definition) is 5. The fraction of sp³-hybridized carbons (Fsp3) is 0.429. The number of likely N-dealkylation sites (tertiary alicyclic amines) is 1. The van der Waals surface area contributed by atoms with Crippen molar-refractivity contribution in [3.8, 4) is 0 Å². The minimum atomic E-state index is -0.423. The van der Waals surface area contributed by atoms with Gasteiger partial charge in [-0.05, 0) is 31.0 Å². The highest BCUT2D eigenvalue weighted by molar-refractivity contribution is 6.04. The summed E-state index contributed by atoms with van der Waals surface area (Å²) in [6, 6.07) is 11.2. The van der Waals surface area contributed by atoms with E-state index in [1.54, 1.807) is 16.8 Å². The Labute approximate surface area is 174 Å². The standard InChI is InChI=1S/C21H25N5O4/c1-24(16-5-3-2-4-6-16)20(28)18-13-17(22-23-18)15-7-9-25(10-8-15)19(27)14-26-11-12-30-21(26)29/h2-6,13,15H,7-12,14H2,1H3,(H,22,23). The number of aromatic nitrogens is 2. The number of carbonyl (C=O) groups is 3. The molecule has 158 valence electrons. The van der Waals surface area contributed by atoms with E-state index < -0.39 is 6.09 Å². The number of ether oxygens (including phenoxy) is 1. The number of H-pyrrole nitrogens is 1. The molecular weight excluding hydrogens is 386 g/mol. The summed E-state index contributed by atoms with van der Waals surface area (Å²) < 4.78 is 4.87. The van der Waals surface area contributed by atoms with Gasteiger partial charge in [0.15, 0.2) is 5.69 Å². The van der Waals surface area contributed by atoms with E-state index in [2.05, 4.69) is 10.2 Å². The Morgan fingerprint density at radius 3 is 2.60 bits per heavy atom. The highest BCUT2D eigenvalue weighted by Crippen LogP contribution is 2.27. The summed E-state index contributed by atoms with van der Waals surface area (Å²) in [5, 5.41) is 7.21. The summed E-state index contributed by atoms with van der Waals surface area (Å²) in [5.41, 5.74) is 2.10. The molecular formula is C21H25N5O4. The second kappa shape index (κ2) is 8.56. The maximum absolute atomic E-state index is 12.7. The van der Waals surface area contributed by atoms with Crippen LogP contribution in [0.15, 0.2) is 36.4 Å². The first-order valence-corrected chi connectivity index (χ1v) is 10.1. The number of carbonyl (C=O) groups excluding carboxylic acids is 3. The molecule has 3 heterocycles. The van der Waals surface area contributed by atoms with Gasteiger partial charge in [0, 0.05) is 37.4 Å². The van der Waals surface area contributed by atoms with E-state index in [1.807, 2.05) is 36.4 Å². The van der Waals surface area contributed by atoms with Crippen LogP contribution in [0.25, 0.3) is 0 Å². The summed E-state index contributed by atoms with van der Waals surface area (Å²) in [7, 11) is 1.73. The van der Waals surface area contributed by atoms with Crippen molar-refractivity contribution in [3.05, 3.63) is 47.8 Å². The SMILES string of the molecule is CN(C(=O)c1cc(C2CCN(C(=O)CN3CCOC3=O)CC2)[nH]n1)c1ccccc1. The van der Waals surface area contributed by atoms with E-state index >= 15 is 0 Å². The number of benzene rings is 1. The van der Waals surface area contributed by atoms with Gasteiger partial charge in [-0.2, -0.15) is 5.10 Å². The largest absolute Gasteiger partial charge is 0.448 e. The quantitative estimate of drug-likeness (QED) is 0.810. The average Bonchev–Trinajstić information content (AvgIpc) is 3.43. The molecule has 0 bridgehead atoms. The molecule has 0 unspecified atom stereocenters. The van der Waals surface area contributed by atoms with Crippen LogP contribution in [0.4, 0.5) is 10.5 Å². The third kappa shape index (κ3) is 4.14. The summed E-state index contributed by atoms with van der Waals surface area (Å²) in [5.74, 6) is -0.0204. The van der Waals surface area contributed by atoms with Gasteiger partial charge < -0.3 is 14.5 Å². The zero-order valence-corrected chi connectivity index (χ0v) is 16.9. The lowest BCUT2D eigenvalue weighted by Crippen LogP contribution is -2.44. The van der Waals surface area contributed by atoms with Crippen LogP contribution in [0.3, 0.4) is 0 Å². The molecule has 3 amide bonds.